The SMILES string of the molecule is COC(=O)[C@@H]1[C@H]2C[C@H](O)[C@@H](C[C@H]1c1ccc(Cl)c(Cl)c1)N2C. The third-order valence-corrected chi connectivity index (χ3v) is 5.90. The number of esters is 1. The summed E-state index contributed by atoms with van der Waals surface area (Å²) in [6, 6.07) is 5.53. The van der Waals surface area contributed by atoms with Gasteiger partial charge in [0.25, 0.3) is 0 Å². The Morgan fingerprint density at radius 3 is 2.64 bits per heavy atom. The molecule has 2 bridgehead atoms. The molecule has 5 atom stereocenters. The molecule has 2 aliphatic rings. The predicted molar refractivity (Wildman–Crippen MR) is 85.3 cm³/mol. The van der Waals surface area contributed by atoms with Crippen molar-refractivity contribution in [2.45, 2.75) is 36.9 Å². The van der Waals surface area contributed by atoms with Crippen LogP contribution < -0.4 is 0 Å². The van der Waals surface area contributed by atoms with Crippen LogP contribution in [0.25, 0.3) is 0 Å². The number of halogens is 2. The zero-order valence-electron chi connectivity index (χ0n) is 12.5. The summed E-state index contributed by atoms with van der Waals surface area (Å²) in [5, 5.41) is 11.2. The van der Waals surface area contributed by atoms with Crippen molar-refractivity contribution < 1.29 is 14.6 Å². The second-order valence-electron chi connectivity index (χ2n) is 6.17. The molecule has 2 aliphatic heterocycles. The maximum absolute atomic E-state index is 12.4. The average molecular weight is 344 g/mol. The van der Waals surface area contributed by atoms with Crippen LogP contribution in [0.4, 0.5) is 0 Å². The Labute approximate surface area is 140 Å². The summed E-state index contributed by atoms with van der Waals surface area (Å²) in [6.45, 7) is 0. The van der Waals surface area contributed by atoms with Crippen molar-refractivity contribution in [2.24, 2.45) is 5.92 Å². The van der Waals surface area contributed by atoms with Gasteiger partial charge in [0.15, 0.2) is 0 Å². The molecule has 22 heavy (non-hydrogen) atoms. The number of hydrogen-bond acceptors (Lipinski definition) is 4. The van der Waals surface area contributed by atoms with Crippen molar-refractivity contribution in [1.29, 1.82) is 0 Å². The summed E-state index contributed by atoms with van der Waals surface area (Å²) in [6.07, 6.45) is 0.889. The van der Waals surface area contributed by atoms with Crippen LogP contribution in [0.5, 0.6) is 0 Å². The molecule has 0 spiro atoms. The minimum absolute atomic E-state index is 0.0133. The number of piperidine rings is 1. The predicted octanol–water partition coefficient (Wildman–Crippen LogP) is 2.70. The average Bonchev–Trinajstić information content (AvgIpc) is 2.68. The summed E-state index contributed by atoms with van der Waals surface area (Å²) in [5.74, 6) is -0.563. The highest BCUT2D eigenvalue weighted by molar-refractivity contribution is 6.42. The molecular formula is C16H19Cl2NO3. The number of ether oxygens (including phenoxy) is 1. The first-order valence-corrected chi connectivity index (χ1v) is 8.12. The lowest BCUT2D eigenvalue weighted by atomic mass is 9.76. The molecule has 1 aromatic carbocycles. The standard InChI is InChI=1S/C16H19Cl2NO3/c1-19-12-6-9(8-3-4-10(17)11(18)5-8)15(16(21)22-2)13(19)7-14(12)20/h3-5,9,12-15,20H,6-7H2,1-2H3/t9-,12+,13+,14-,15-/m0/s1. The van der Waals surface area contributed by atoms with Crippen LogP contribution in [0.15, 0.2) is 18.2 Å². The fourth-order valence-electron chi connectivity index (χ4n) is 4.03. The number of nitrogens with zero attached hydrogens (tertiary/aromatic N) is 1. The van der Waals surface area contributed by atoms with Crippen LogP contribution in [0.3, 0.4) is 0 Å². The zero-order chi connectivity index (χ0) is 16.0. The molecule has 0 aromatic heterocycles. The Bertz CT molecular complexity index is 595. The van der Waals surface area contributed by atoms with E-state index in [-0.39, 0.29) is 29.9 Å². The molecule has 1 N–H and O–H groups in total. The van der Waals surface area contributed by atoms with Crippen LogP contribution >= 0.6 is 23.2 Å². The van der Waals surface area contributed by atoms with E-state index in [1.54, 1.807) is 6.07 Å². The molecule has 1 aromatic rings. The van der Waals surface area contributed by atoms with Gasteiger partial charge in [-0.15, -0.1) is 0 Å². The molecule has 3 rings (SSSR count). The molecule has 2 heterocycles. The minimum atomic E-state index is -0.407. The van der Waals surface area contributed by atoms with Crippen LogP contribution in [-0.4, -0.2) is 48.3 Å². The van der Waals surface area contributed by atoms with Crippen molar-refractivity contribution in [3.8, 4) is 0 Å². The highest BCUT2D eigenvalue weighted by atomic mass is 35.5. The van der Waals surface area contributed by atoms with E-state index in [0.29, 0.717) is 22.9 Å². The van der Waals surface area contributed by atoms with Crippen LogP contribution in [-0.2, 0) is 9.53 Å². The lowest BCUT2D eigenvalue weighted by molar-refractivity contribution is -0.150. The molecule has 0 saturated carbocycles. The highest BCUT2D eigenvalue weighted by Gasteiger charge is 2.53. The summed E-state index contributed by atoms with van der Waals surface area (Å²) in [7, 11) is 3.37. The first-order valence-electron chi connectivity index (χ1n) is 7.36. The fourth-order valence-corrected chi connectivity index (χ4v) is 4.34. The number of carbonyl (C=O) groups excluding carboxylic acids is 1. The third kappa shape index (κ3) is 2.52. The molecule has 4 nitrogen and oxygen atoms in total. The molecule has 0 aliphatic carbocycles. The number of aliphatic hydroxyl groups excluding tert-OH is 1. The molecule has 2 fully saturated rings. The van der Waals surface area contributed by atoms with Gasteiger partial charge in [-0.25, -0.2) is 0 Å². The lowest BCUT2D eigenvalue weighted by Gasteiger charge is -2.41. The van der Waals surface area contributed by atoms with E-state index in [0.717, 1.165) is 5.56 Å². The van der Waals surface area contributed by atoms with Gasteiger partial charge >= 0.3 is 5.97 Å². The number of methoxy groups -OCH3 is 1. The second kappa shape index (κ2) is 6.00. The first kappa shape index (κ1) is 16.1. The van der Waals surface area contributed by atoms with E-state index in [9.17, 15) is 9.90 Å². The van der Waals surface area contributed by atoms with Crippen molar-refractivity contribution >= 4 is 29.2 Å². The maximum Gasteiger partial charge on any atom is 0.310 e. The number of likely N-dealkylation sites (N-methyl/N-ethyl adjacent to an activating group) is 1. The van der Waals surface area contributed by atoms with Gasteiger partial charge < -0.3 is 9.84 Å². The number of hydrogen-bond donors (Lipinski definition) is 1. The molecule has 0 amide bonds. The lowest BCUT2D eigenvalue weighted by Crippen LogP contribution is -2.49. The van der Waals surface area contributed by atoms with E-state index in [2.05, 4.69) is 4.90 Å². The van der Waals surface area contributed by atoms with Crippen LogP contribution in [0, 0.1) is 5.92 Å². The quantitative estimate of drug-likeness (QED) is 0.838. The first-order chi connectivity index (χ1) is 10.4. The zero-order valence-corrected chi connectivity index (χ0v) is 14.0. The van der Waals surface area contributed by atoms with Crippen molar-refractivity contribution in [3.63, 3.8) is 0 Å². The Balaban J connectivity index is 2.00. The summed E-state index contributed by atoms with van der Waals surface area (Å²) >= 11 is 12.1. The number of rotatable bonds is 2. The van der Waals surface area contributed by atoms with Gasteiger partial charge in [0.2, 0.25) is 0 Å². The van der Waals surface area contributed by atoms with Gasteiger partial charge in [-0.1, -0.05) is 29.3 Å². The van der Waals surface area contributed by atoms with E-state index < -0.39 is 6.10 Å². The fraction of sp³-hybridized carbons (Fsp3) is 0.562. The molecule has 120 valence electrons. The number of fused-ring (bicyclic) bond motifs is 2. The smallest absolute Gasteiger partial charge is 0.310 e. The highest BCUT2D eigenvalue weighted by Crippen LogP contribution is 2.47. The van der Waals surface area contributed by atoms with Crippen LogP contribution in [0.1, 0.15) is 24.3 Å². The molecular weight excluding hydrogens is 325 g/mol. The van der Waals surface area contributed by atoms with Gasteiger partial charge in [0.05, 0.1) is 29.2 Å². The van der Waals surface area contributed by atoms with E-state index in [4.69, 9.17) is 27.9 Å². The number of benzene rings is 1. The number of aliphatic hydroxyl groups is 1. The topological polar surface area (TPSA) is 49.8 Å². The Hall–Kier alpha value is -0.810. The summed E-state index contributed by atoms with van der Waals surface area (Å²) in [4.78, 5) is 14.5. The van der Waals surface area contributed by atoms with Crippen LogP contribution in [0.2, 0.25) is 10.0 Å². The summed E-state index contributed by atoms with van der Waals surface area (Å²) < 4.78 is 5.02. The van der Waals surface area contributed by atoms with E-state index in [1.807, 2.05) is 19.2 Å². The van der Waals surface area contributed by atoms with Crippen molar-refractivity contribution in [2.75, 3.05) is 14.2 Å². The van der Waals surface area contributed by atoms with Crippen molar-refractivity contribution in [3.05, 3.63) is 33.8 Å². The van der Waals surface area contributed by atoms with E-state index >= 15 is 0 Å². The monoisotopic (exact) mass is 343 g/mol. The van der Waals surface area contributed by atoms with Gasteiger partial charge in [-0.3, -0.25) is 9.69 Å². The Kier molecular flexibility index (Phi) is 4.38. The molecule has 0 unspecified atom stereocenters. The Morgan fingerprint density at radius 2 is 2.00 bits per heavy atom. The summed E-state index contributed by atoms with van der Waals surface area (Å²) in [5.41, 5.74) is 0.974. The van der Waals surface area contributed by atoms with E-state index in [1.165, 1.54) is 7.11 Å². The normalized spacial score (nSPS) is 34.7. The number of carbonyl (C=O) groups is 1. The maximum atomic E-state index is 12.4. The minimum Gasteiger partial charge on any atom is -0.469 e. The third-order valence-electron chi connectivity index (χ3n) is 5.16. The molecule has 0 radical (unpaired) electrons. The largest absolute Gasteiger partial charge is 0.469 e. The molecule has 2 saturated heterocycles. The van der Waals surface area contributed by atoms with Gasteiger partial charge in [0, 0.05) is 18.0 Å². The second-order valence-corrected chi connectivity index (χ2v) is 6.98. The molecule has 6 heteroatoms. The van der Waals surface area contributed by atoms with Crippen molar-refractivity contribution in [1.82, 2.24) is 4.90 Å². The Morgan fingerprint density at radius 1 is 1.27 bits per heavy atom. The van der Waals surface area contributed by atoms with Gasteiger partial charge in [-0.2, -0.15) is 0 Å². The van der Waals surface area contributed by atoms with Gasteiger partial charge in [-0.05, 0) is 37.6 Å². The van der Waals surface area contributed by atoms with Gasteiger partial charge in [0.1, 0.15) is 0 Å².